The molecule has 0 saturated heterocycles. The van der Waals surface area contributed by atoms with Crippen LogP contribution < -0.4 is 11.5 Å². The maximum Gasteiger partial charge on any atom is 0.254 e. The van der Waals surface area contributed by atoms with Crippen LogP contribution in [0.25, 0.3) is 5.69 Å². The van der Waals surface area contributed by atoms with Crippen LogP contribution in [0.5, 0.6) is 0 Å². The van der Waals surface area contributed by atoms with Crippen LogP contribution in [0.15, 0.2) is 18.2 Å². The number of carbonyl (C=O) groups excluding carboxylic acids is 1. The van der Waals surface area contributed by atoms with Gasteiger partial charge in [-0.25, -0.2) is 4.68 Å². The molecule has 2 aromatic rings. The topological polar surface area (TPSA) is 86.9 Å². The van der Waals surface area contributed by atoms with E-state index in [9.17, 15) is 4.79 Å². The first-order valence-electron chi connectivity index (χ1n) is 5.97. The van der Waals surface area contributed by atoms with Crippen LogP contribution in [-0.2, 0) is 0 Å². The number of para-hydroxylation sites is 1. The van der Waals surface area contributed by atoms with Crippen LogP contribution in [0, 0.1) is 0 Å². The Kier molecular flexibility index (Phi) is 3.92. The predicted octanol–water partition coefficient (Wildman–Crippen LogP) is 2.98. The second kappa shape index (κ2) is 5.34. The number of hydrogen-bond acceptors (Lipinski definition) is 3. The van der Waals surface area contributed by atoms with Gasteiger partial charge in [0.15, 0.2) is 5.82 Å². The van der Waals surface area contributed by atoms with E-state index in [0.29, 0.717) is 21.4 Å². The fourth-order valence-corrected chi connectivity index (χ4v) is 2.65. The van der Waals surface area contributed by atoms with Crippen molar-refractivity contribution in [3.63, 3.8) is 0 Å². The summed E-state index contributed by atoms with van der Waals surface area (Å²) < 4.78 is 1.49. The monoisotopic (exact) mass is 312 g/mol. The molecule has 106 valence electrons. The van der Waals surface area contributed by atoms with Gasteiger partial charge in [-0.3, -0.25) is 4.79 Å². The molecule has 0 spiro atoms. The lowest BCUT2D eigenvalue weighted by Crippen LogP contribution is -2.16. The Bertz CT molecular complexity index is 659. The highest BCUT2D eigenvalue weighted by atomic mass is 35.5. The zero-order valence-electron chi connectivity index (χ0n) is 11.0. The first-order valence-corrected chi connectivity index (χ1v) is 6.72. The average molecular weight is 313 g/mol. The molecule has 1 aromatic carbocycles. The van der Waals surface area contributed by atoms with Crippen LogP contribution in [0.1, 0.15) is 35.8 Å². The summed E-state index contributed by atoms with van der Waals surface area (Å²) in [5, 5.41) is 5.00. The highest BCUT2D eigenvalue weighted by Gasteiger charge is 2.25. The predicted molar refractivity (Wildman–Crippen MR) is 80.6 cm³/mol. The SMILES string of the molecule is CC(C)c1c(C(N)=O)c(N)nn1-c1c(Cl)cccc1Cl. The Balaban J connectivity index is 2.82. The van der Waals surface area contributed by atoms with Gasteiger partial charge in [-0.05, 0) is 18.1 Å². The van der Waals surface area contributed by atoms with E-state index >= 15 is 0 Å². The quantitative estimate of drug-likeness (QED) is 0.913. The number of rotatable bonds is 3. The molecule has 5 nitrogen and oxygen atoms in total. The van der Waals surface area contributed by atoms with Crippen LogP contribution in [-0.4, -0.2) is 15.7 Å². The third kappa shape index (κ3) is 2.34. The summed E-state index contributed by atoms with van der Waals surface area (Å²) in [4.78, 5) is 11.6. The fraction of sp³-hybridized carbons (Fsp3) is 0.231. The van der Waals surface area contributed by atoms with E-state index in [-0.39, 0.29) is 17.3 Å². The van der Waals surface area contributed by atoms with E-state index in [1.165, 1.54) is 4.68 Å². The van der Waals surface area contributed by atoms with Gasteiger partial charge < -0.3 is 11.5 Å². The number of benzene rings is 1. The molecule has 0 atom stereocenters. The van der Waals surface area contributed by atoms with E-state index in [1.807, 2.05) is 13.8 Å². The van der Waals surface area contributed by atoms with Crippen molar-refractivity contribution in [1.82, 2.24) is 9.78 Å². The van der Waals surface area contributed by atoms with Gasteiger partial charge >= 0.3 is 0 Å². The van der Waals surface area contributed by atoms with Crippen molar-refractivity contribution >= 4 is 34.9 Å². The summed E-state index contributed by atoms with van der Waals surface area (Å²) in [6.07, 6.45) is 0. The summed E-state index contributed by atoms with van der Waals surface area (Å²) in [7, 11) is 0. The first kappa shape index (κ1) is 14.7. The van der Waals surface area contributed by atoms with Gasteiger partial charge in [0.1, 0.15) is 11.3 Å². The molecule has 0 aliphatic carbocycles. The Hall–Kier alpha value is -1.72. The zero-order chi connectivity index (χ0) is 15.0. The standard InChI is InChI=1S/C13H14Cl2N4O/c1-6(2)10-9(13(17)20)12(16)18-19(10)11-7(14)4-3-5-8(11)15/h3-6H,1-2H3,(H2,16,18)(H2,17,20). The van der Waals surface area contributed by atoms with Crippen LogP contribution in [0.3, 0.4) is 0 Å². The number of nitrogens with zero attached hydrogens (tertiary/aromatic N) is 2. The number of carbonyl (C=O) groups is 1. The second-order valence-corrected chi connectivity index (χ2v) is 5.46. The maximum absolute atomic E-state index is 11.6. The zero-order valence-corrected chi connectivity index (χ0v) is 12.5. The minimum Gasteiger partial charge on any atom is -0.382 e. The molecule has 0 fully saturated rings. The maximum atomic E-state index is 11.6. The molecule has 2 rings (SSSR count). The minimum atomic E-state index is -0.624. The van der Waals surface area contributed by atoms with Gasteiger partial charge in [-0.1, -0.05) is 43.1 Å². The van der Waals surface area contributed by atoms with Gasteiger partial charge in [-0.2, -0.15) is 0 Å². The molecule has 0 aliphatic rings. The number of nitrogen functional groups attached to an aromatic ring is 1. The Labute approximate surface area is 126 Å². The van der Waals surface area contributed by atoms with E-state index in [4.69, 9.17) is 34.7 Å². The second-order valence-electron chi connectivity index (χ2n) is 4.65. The van der Waals surface area contributed by atoms with Gasteiger partial charge in [0.2, 0.25) is 0 Å². The van der Waals surface area contributed by atoms with E-state index in [1.54, 1.807) is 18.2 Å². The summed E-state index contributed by atoms with van der Waals surface area (Å²) in [6, 6.07) is 5.11. The fourth-order valence-electron chi connectivity index (χ4n) is 2.10. The van der Waals surface area contributed by atoms with Crippen molar-refractivity contribution in [2.45, 2.75) is 19.8 Å². The first-order chi connectivity index (χ1) is 9.34. The Morgan fingerprint density at radius 1 is 1.30 bits per heavy atom. The molecule has 1 heterocycles. The normalized spacial score (nSPS) is 11.1. The molecular weight excluding hydrogens is 299 g/mol. The van der Waals surface area contributed by atoms with Crippen molar-refractivity contribution in [3.8, 4) is 5.69 Å². The average Bonchev–Trinajstić information content (AvgIpc) is 2.66. The molecule has 0 unspecified atom stereocenters. The van der Waals surface area contributed by atoms with E-state index in [2.05, 4.69) is 5.10 Å². The largest absolute Gasteiger partial charge is 0.382 e. The molecule has 0 radical (unpaired) electrons. The lowest BCUT2D eigenvalue weighted by atomic mass is 10.0. The van der Waals surface area contributed by atoms with Gasteiger partial charge in [0, 0.05) is 0 Å². The summed E-state index contributed by atoms with van der Waals surface area (Å²) >= 11 is 12.4. The lowest BCUT2D eigenvalue weighted by Gasteiger charge is -2.13. The molecule has 1 amide bonds. The van der Waals surface area contributed by atoms with Crippen LogP contribution >= 0.6 is 23.2 Å². The number of aromatic nitrogens is 2. The van der Waals surface area contributed by atoms with Crippen LogP contribution in [0.4, 0.5) is 5.82 Å². The molecule has 1 aromatic heterocycles. The van der Waals surface area contributed by atoms with Gasteiger partial charge in [0.25, 0.3) is 5.91 Å². The summed E-state index contributed by atoms with van der Waals surface area (Å²) in [6.45, 7) is 3.81. The third-order valence-corrected chi connectivity index (χ3v) is 3.50. The van der Waals surface area contributed by atoms with Crippen molar-refractivity contribution in [2.24, 2.45) is 5.73 Å². The molecule has 0 aliphatic heterocycles. The smallest absolute Gasteiger partial charge is 0.254 e. The highest BCUT2D eigenvalue weighted by molar-refractivity contribution is 6.37. The summed E-state index contributed by atoms with van der Waals surface area (Å²) in [5.74, 6) is -0.590. The van der Waals surface area contributed by atoms with Crippen LogP contribution in [0.2, 0.25) is 10.0 Å². The molecule has 20 heavy (non-hydrogen) atoms. The van der Waals surface area contributed by atoms with Gasteiger partial charge in [0.05, 0.1) is 15.7 Å². The minimum absolute atomic E-state index is 0.0327. The molecule has 4 N–H and O–H groups in total. The molecule has 0 saturated carbocycles. The number of hydrogen-bond donors (Lipinski definition) is 2. The number of nitrogens with two attached hydrogens (primary N) is 2. The number of amides is 1. The van der Waals surface area contributed by atoms with Crippen molar-refractivity contribution in [1.29, 1.82) is 0 Å². The number of primary amides is 1. The van der Waals surface area contributed by atoms with E-state index in [0.717, 1.165) is 0 Å². The third-order valence-electron chi connectivity index (χ3n) is 2.89. The molecule has 0 bridgehead atoms. The van der Waals surface area contributed by atoms with Crippen molar-refractivity contribution in [3.05, 3.63) is 39.5 Å². The van der Waals surface area contributed by atoms with E-state index < -0.39 is 5.91 Å². The number of anilines is 1. The highest BCUT2D eigenvalue weighted by Crippen LogP contribution is 2.33. The Morgan fingerprint density at radius 2 is 1.85 bits per heavy atom. The number of halogens is 2. The molecule has 7 heteroatoms. The van der Waals surface area contributed by atoms with Gasteiger partial charge in [-0.15, -0.1) is 5.10 Å². The van der Waals surface area contributed by atoms with Crippen molar-refractivity contribution in [2.75, 3.05) is 5.73 Å². The Morgan fingerprint density at radius 3 is 2.30 bits per heavy atom. The van der Waals surface area contributed by atoms with Crippen molar-refractivity contribution < 1.29 is 4.79 Å². The lowest BCUT2D eigenvalue weighted by molar-refractivity contribution is 0.1000. The molecular formula is C13H14Cl2N4O. The summed E-state index contributed by atoms with van der Waals surface area (Å²) in [5.41, 5.74) is 12.5.